The van der Waals surface area contributed by atoms with Gasteiger partial charge in [-0.2, -0.15) is 11.3 Å². The Hall–Kier alpha value is -2.22. The third-order valence-corrected chi connectivity index (χ3v) is 6.63. The second-order valence-corrected chi connectivity index (χ2v) is 9.07. The van der Waals surface area contributed by atoms with E-state index in [1.807, 2.05) is 35.8 Å². The highest BCUT2D eigenvalue weighted by Crippen LogP contribution is 2.27. The van der Waals surface area contributed by atoms with Gasteiger partial charge in [-0.3, -0.25) is 4.79 Å². The predicted octanol–water partition coefficient (Wildman–Crippen LogP) is 4.76. The van der Waals surface area contributed by atoms with E-state index in [0.717, 1.165) is 41.3 Å². The molecule has 1 amide bonds. The highest BCUT2D eigenvalue weighted by atomic mass is 32.1. The number of hydrogen-bond donors (Lipinski definition) is 0. The van der Waals surface area contributed by atoms with E-state index in [4.69, 9.17) is 4.74 Å². The Morgan fingerprint density at radius 2 is 2.03 bits per heavy atom. The molecule has 0 saturated carbocycles. The van der Waals surface area contributed by atoms with Crippen LogP contribution in [0.25, 0.3) is 10.6 Å². The number of thiophene rings is 1. The maximum atomic E-state index is 13.3. The van der Waals surface area contributed by atoms with Crippen LogP contribution in [0.1, 0.15) is 28.9 Å². The van der Waals surface area contributed by atoms with Crippen molar-refractivity contribution in [2.45, 2.75) is 25.5 Å². The van der Waals surface area contributed by atoms with Crippen molar-refractivity contribution in [1.29, 1.82) is 0 Å². The van der Waals surface area contributed by atoms with Gasteiger partial charge in [-0.15, -0.1) is 11.3 Å². The van der Waals surface area contributed by atoms with Gasteiger partial charge in [-0.05, 0) is 42.0 Å². The normalized spacial score (nSPS) is 16.1. The number of nitrogens with zero attached hydrogens (tertiary/aromatic N) is 3. The van der Waals surface area contributed by atoms with Crippen LogP contribution in [-0.2, 0) is 11.3 Å². The molecule has 1 saturated heterocycles. The SMILES string of the molecule is CN(C)c1ccc(CN(CC2CCCO2)C(=O)c2csc(-c3ccsc3)n2)cc1. The maximum Gasteiger partial charge on any atom is 0.273 e. The number of benzene rings is 1. The molecule has 3 aromatic rings. The number of hydrogen-bond acceptors (Lipinski definition) is 6. The first-order valence-corrected chi connectivity index (χ1v) is 11.6. The summed E-state index contributed by atoms with van der Waals surface area (Å²) in [6.07, 6.45) is 2.17. The number of carbonyl (C=O) groups excluding carboxylic acids is 1. The molecule has 1 unspecified atom stereocenters. The smallest absolute Gasteiger partial charge is 0.273 e. The van der Waals surface area contributed by atoms with Gasteiger partial charge >= 0.3 is 0 Å². The Morgan fingerprint density at radius 1 is 1.21 bits per heavy atom. The van der Waals surface area contributed by atoms with E-state index in [2.05, 4.69) is 39.5 Å². The van der Waals surface area contributed by atoms with Crippen LogP contribution in [0.2, 0.25) is 0 Å². The van der Waals surface area contributed by atoms with Gasteiger partial charge in [-0.25, -0.2) is 4.98 Å². The summed E-state index contributed by atoms with van der Waals surface area (Å²) in [5, 5.41) is 6.84. The molecule has 7 heteroatoms. The van der Waals surface area contributed by atoms with Crippen LogP contribution in [0.15, 0.2) is 46.5 Å². The van der Waals surface area contributed by atoms with E-state index < -0.39 is 0 Å². The first-order valence-electron chi connectivity index (χ1n) is 9.75. The first kappa shape index (κ1) is 20.1. The molecule has 5 nitrogen and oxygen atoms in total. The Bertz CT molecular complexity index is 929. The zero-order chi connectivity index (χ0) is 20.2. The van der Waals surface area contributed by atoms with Gasteiger partial charge in [0.15, 0.2) is 0 Å². The zero-order valence-electron chi connectivity index (χ0n) is 16.7. The standard InChI is InChI=1S/C22H25N3O2S2/c1-24(2)18-7-5-16(6-8-18)12-25(13-19-4-3-10-27-19)22(26)20-15-29-21(23-20)17-9-11-28-14-17/h5-9,11,14-15,19H,3-4,10,12-13H2,1-2H3. The van der Waals surface area contributed by atoms with Crippen LogP contribution in [0.4, 0.5) is 5.69 Å². The van der Waals surface area contributed by atoms with Crippen LogP contribution in [0, 0.1) is 0 Å². The molecule has 1 aromatic carbocycles. The summed E-state index contributed by atoms with van der Waals surface area (Å²) in [6.45, 7) is 1.93. The number of rotatable bonds is 7. The lowest BCUT2D eigenvalue weighted by Gasteiger charge is -2.25. The number of aromatic nitrogens is 1. The van der Waals surface area contributed by atoms with Crippen LogP contribution in [-0.4, -0.2) is 49.1 Å². The first-order chi connectivity index (χ1) is 14.1. The second kappa shape index (κ2) is 9.07. The van der Waals surface area contributed by atoms with Crippen molar-refractivity contribution in [1.82, 2.24) is 9.88 Å². The highest BCUT2D eigenvalue weighted by Gasteiger charge is 2.25. The molecule has 0 radical (unpaired) electrons. The number of thiazole rings is 1. The Balaban J connectivity index is 1.53. The molecular weight excluding hydrogens is 402 g/mol. The molecule has 1 aliphatic heterocycles. The van der Waals surface area contributed by atoms with Crippen molar-refractivity contribution in [3.05, 3.63) is 57.7 Å². The van der Waals surface area contributed by atoms with Crippen molar-refractivity contribution in [2.75, 3.05) is 32.1 Å². The topological polar surface area (TPSA) is 45.7 Å². The third kappa shape index (κ3) is 4.86. The van der Waals surface area contributed by atoms with Gasteiger partial charge in [-0.1, -0.05) is 12.1 Å². The Labute approximate surface area is 179 Å². The molecule has 2 aromatic heterocycles. The second-order valence-electron chi connectivity index (χ2n) is 7.43. The summed E-state index contributed by atoms with van der Waals surface area (Å²) >= 11 is 3.15. The van der Waals surface area contributed by atoms with E-state index in [1.54, 1.807) is 11.3 Å². The summed E-state index contributed by atoms with van der Waals surface area (Å²) in [5.41, 5.74) is 3.84. The fourth-order valence-corrected chi connectivity index (χ4v) is 4.93. The van der Waals surface area contributed by atoms with Crippen molar-refractivity contribution in [2.24, 2.45) is 0 Å². The summed E-state index contributed by atoms with van der Waals surface area (Å²) in [7, 11) is 4.05. The fourth-order valence-electron chi connectivity index (χ4n) is 3.43. The monoisotopic (exact) mass is 427 g/mol. The largest absolute Gasteiger partial charge is 0.378 e. The molecule has 0 N–H and O–H groups in total. The molecular formula is C22H25N3O2S2. The number of anilines is 1. The minimum Gasteiger partial charge on any atom is -0.378 e. The van der Waals surface area contributed by atoms with E-state index in [9.17, 15) is 4.79 Å². The Morgan fingerprint density at radius 3 is 2.69 bits per heavy atom. The minimum atomic E-state index is -0.0325. The summed E-state index contributed by atoms with van der Waals surface area (Å²) in [5.74, 6) is -0.0325. The van der Waals surface area contributed by atoms with Crippen LogP contribution < -0.4 is 4.90 Å². The molecule has 4 rings (SSSR count). The van der Waals surface area contributed by atoms with Crippen LogP contribution in [0.3, 0.4) is 0 Å². The van der Waals surface area contributed by atoms with Crippen molar-refractivity contribution in [3.8, 4) is 10.6 Å². The lowest BCUT2D eigenvalue weighted by Crippen LogP contribution is -2.37. The Kier molecular flexibility index (Phi) is 6.28. The predicted molar refractivity (Wildman–Crippen MR) is 120 cm³/mol. The summed E-state index contributed by atoms with van der Waals surface area (Å²) in [6, 6.07) is 10.4. The molecule has 3 heterocycles. The molecule has 152 valence electrons. The average molecular weight is 428 g/mol. The average Bonchev–Trinajstić information content (AvgIpc) is 3.49. The van der Waals surface area contributed by atoms with Gasteiger partial charge in [0, 0.05) is 55.8 Å². The lowest BCUT2D eigenvalue weighted by atomic mass is 10.1. The minimum absolute atomic E-state index is 0.0325. The quantitative estimate of drug-likeness (QED) is 0.545. The molecule has 1 fully saturated rings. The number of ether oxygens (including phenoxy) is 1. The maximum absolute atomic E-state index is 13.3. The van der Waals surface area contributed by atoms with Crippen molar-refractivity contribution in [3.63, 3.8) is 0 Å². The summed E-state index contributed by atoms with van der Waals surface area (Å²) < 4.78 is 5.80. The van der Waals surface area contributed by atoms with Gasteiger partial charge in [0.05, 0.1) is 6.10 Å². The van der Waals surface area contributed by atoms with E-state index in [-0.39, 0.29) is 12.0 Å². The summed E-state index contributed by atoms with van der Waals surface area (Å²) in [4.78, 5) is 21.9. The molecule has 1 atom stereocenters. The molecule has 29 heavy (non-hydrogen) atoms. The van der Waals surface area contributed by atoms with Crippen LogP contribution in [0.5, 0.6) is 0 Å². The highest BCUT2D eigenvalue weighted by molar-refractivity contribution is 7.14. The zero-order valence-corrected chi connectivity index (χ0v) is 18.3. The van der Waals surface area contributed by atoms with E-state index in [0.29, 0.717) is 18.8 Å². The fraction of sp³-hybridized carbons (Fsp3) is 0.364. The van der Waals surface area contributed by atoms with Crippen LogP contribution >= 0.6 is 22.7 Å². The molecule has 0 aliphatic carbocycles. The molecule has 1 aliphatic rings. The third-order valence-electron chi connectivity index (χ3n) is 5.05. The number of carbonyl (C=O) groups is 1. The van der Waals surface area contributed by atoms with Crippen molar-refractivity contribution >= 4 is 34.3 Å². The molecule has 0 spiro atoms. The van der Waals surface area contributed by atoms with Crippen molar-refractivity contribution < 1.29 is 9.53 Å². The van der Waals surface area contributed by atoms with Gasteiger partial charge in [0.2, 0.25) is 0 Å². The van der Waals surface area contributed by atoms with E-state index in [1.165, 1.54) is 11.3 Å². The van der Waals surface area contributed by atoms with Gasteiger partial charge in [0.1, 0.15) is 10.7 Å². The van der Waals surface area contributed by atoms with Gasteiger partial charge < -0.3 is 14.5 Å². The molecule has 0 bridgehead atoms. The van der Waals surface area contributed by atoms with E-state index >= 15 is 0 Å². The van der Waals surface area contributed by atoms with Gasteiger partial charge in [0.25, 0.3) is 5.91 Å². The lowest BCUT2D eigenvalue weighted by molar-refractivity contribution is 0.0503. The number of amides is 1.